The Labute approximate surface area is 133 Å². The Kier molecular flexibility index (Phi) is 4.08. The number of rotatable bonds is 4. The first-order chi connectivity index (χ1) is 11.1. The van der Waals surface area contributed by atoms with Crippen LogP contribution in [0.5, 0.6) is 5.88 Å². The Morgan fingerprint density at radius 1 is 1.22 bits per heavy atom. The van der Waals surface area contributed by atoms with Crippen molar-refractivity contribution in [1.29, 1.82) is 0 Å². The van der Waals surface area contributed by atoms with Crippen LogP contribution in [0.2, 0.25) is 0 Å². The van der Waals surface area contributed by atoms with Crippen LogP contribution in [0.1, 0.15) is 16.8 Å². The maximum Gasteiger partial charge on any atom is 0.279 e. The van der Waals surface area contributed by atoms with Gasteiger partial charge < -0.3 is 9.84 Å². The molecule has 0 fully saturated rings. The van der Waals surface area contributed by atoms with Gasteiger partial charge >= 0.3 is 0 Å². The molecule has 0 saturated heterocycles. The zero-order chi connectivity index (χ0) is 16.4. The molecule has 6 heteroatoms. The van der Waals surface area contributed by atoms with E-state index in [4.69, 9.17) is 9.84 Å². The van der Waals surface area contributed by atoms with Crippen LogP contribution < -0.4 is 10.3 Å². The lowest BCUT2D eigenvalue weighted by atomic mass is 10.1. The molecule has 118 valence electrons. The van der Waals surface area contributed by atoms with Crippen molar-refractivity contribution in [1.82, 2.24) is 14.8 Å². The molecular formula is C17H17N3O3. The number of aryl methyl sites for hydroxylation is 1. The quantitative estimate of drug-likeness (QED) is 0.788. The average Bonchev–Trinajstić information content (AvgIpc) is 2.58. The predicted molar refractivity (Wildman–Crippen MR) is 86.5 cm³/mol. The summed E-state index contributed by atoms with van der Waals surface area (Å²) in [6.45, 7) is 0.0251. The number of methoxy groups -OCH3 is 1. The summed E-state index contributed by atoms with van der Waals surface area (Å²) in [7, 11) is 3.10. The molecule has 3 rings (SSSR count). The van der Waals surface area contributed by atoms with Crippen molar-refractivity contribution in [3.05, 3.63) is 63.7 Å². The third-order valence-corrected chi connectivity index (χ3v) is 3.73. The summed E-state index contributed by atoms with van der Waals surface area (Å²) in [6.07, 6.45) is 2.24. The molecule has 23 heavy (non-hydrogen) atoms. The molecule has 0 aliphatic carbocycles. The molecule has 0 amide bonds. The molecule has 1 aromatic carbocycles. The second-order valence-electron chi connectivity index (χ2n) is 5.31. The van der Waals surface area contributed by atoms with Gasteiger partial charge in [-0.15, -0.1) is 0 Å². The molecule has 2 aromatic heterocycles. The van der Waals surface area contributed by atoms with Crippen LogP contribution in [0.4, 0.5) is 0 Å². The number of benzene rings is 1. The van der Waals surface area contributed by atoms with Crippen molar-refractivity contribution >= 4 is 10.8 Å². The van der Waals surface area contributed by atoms with E-state index in [1.54, 1.807) is 13.2 Å². The summed E-state index contributed by atoms with van der Waals surface area (Å²) in [5.41, 5.74) is 2.49. The monoisotopic (exact) mass is 311 g/mol. The van der Waals surface area contributed by atoms with E-state index in [0.717, 1.165) is 16.8 Å². The van der Waals surface area contributed by atoms with Gasteiger partial charge in [-0.3, -0.25) is 4.79 Å². The number of aliphatic hydroxyl groups excluding tert-OH is 1. The van der Waals surface area contributed by atoms with Gasteiger partial charge in [-0.05, 0) is 17.2 Å². The maximum absolute atomic E-state index is 12.2. The van der Waals surface area contributed by atoms with Crippen LogP contribution in [0.15, 0.2) is 41.3 Å². The number of ether oxygens (including phenoxy) is 1. The standard InChI is InChI=1S/C17H17N3O3/c1-20-17(22)15-13(9-18-20)8-14(19-16(15)23-2)7-11-3-5-12(10-21)6-4-11/h3-6,8-9,21H,7,10H2,1-2H3. The van der Waals surface area contributed by atoms with Gasteiger partial charge in [0.15, 0.2) is 0 Å². The molecule has 2 heterocycles. The summed E-state index contributed by atoms with van der Waals surface area (Å²) in [5, 5.41) is 14.3. The highest BCUT2D eigenvalue weighted by atomic mass is 16.5. The number of hydrogen-bond acceptors (Lipinski definition) is 5. The van der Waals surface area contributed by atoms with Gasteiger partial charge in [0.05, 0.1) is 19.9 Å². The van der Waals surface area contributed by atoms with Crippen molar-refractivity contribution in [2.45, 2.75) is 13.0 Å². The van der Waals surface area contributed by atoms with Crippen LogP contribution in [-0.4, -0.2) is 27.0 Å². The second kappa shape index (κ2) is 6.18. The molecule has 0 bridgehead atoms. The van der Waals surface area contributed by atoms with E-state index in [0.29, 0.717) is 23.1 Å². The second-order valence-corrected chi connectivity index (χ2v) is 5.31. The van der Waals surface area contributed by atoms with Crippen molar-refractivity contribution in [2.24, 2.45) is 7.05 Å². The van der Waals surface area contributed by atoms with E-state index < -0.39 is 0 Å². The lowest BCUT2D eigenvalue weighted by Gasteiger charge is -2.09. The summed E-state index contributed by atoms with van der Waals surface area (Å²) in [4.78, 5) is 16.7. The van der Waals surface area contributed by atoms with Crippen LogP contribution in [0.3, 0.4) is 0 Å². The van der Waals surface area contributed by atoms with Gasteiger partial charge in [-0.2, -0.15) is 5.10 Å². The summed E-state index contributed by atoms with van der Waals surface area (Å²) in [6, 6.07) is 9.51. The molecule has 0 unspecified atom stereocenters. The number of nitrogens with zero attached hydrogens (tertiary/aromatic N) is 3. The summed E-state index contributed by atoms with van der Waals surface area (Å²) in [5.74, 6) is 0.312. The van der Waals surface area contributed by atoms with Crippen LogP contribution in [-0.2, 0) is 20.1 Å². The van der Waals surface area contributed by atoms with E-state index in [-0.39, 0.29) is 12.2 Å². The fourth-order valence-corrected chi connectivity index (χ4v) is 2.48. The Morgan fingerprint density at radius 3 is 2.57 bits per heavy atom. The van der Waals surface area contributed by atoms with Gasteiger partial charge in [0.25, 0.3) is 5.56 Å². The minimum Gasteiger partial charge on any atom is -0.480 e. The number of hydrogen-bond donors (Lipinski definition) is 1. The van der Waals surface area contributed by atoms with Crippen molar-refractivity contribution in [2.75, 3.05) is 7.11 Å². The molecule has 0 radical (unpaired) electrons. The van der Waals surface area contributed by atoms with E-state index >= 15 is 0 Å². The number of fused-ring (bicyclic) bond motifs is 1. The third-order valence-electron chi connectivity index (χ3n) is 3.73. The molecular weight excluding hydrogens is 294 g/mol. The van der Waals surface area contributed by atoms with Crippen LogP contribution in [0, 0.1) is 0 Å². The molecule has 1 N–H and O–H groups in total. The largest absolute Gasteiger partial charge is 0.480 e. The highest BCUT2D eigenvalue weighted by molar-refractivity contribution is 5.85. The zero-order valence-corrected chi connectivity index (χ0v) is 13.0. The molecule has 0 aliphatic heterocycles. The van der Waals surface area contributed by atoms with E-state index in [9.17, 15) is 4.79 Å². The first kappa shape index (κ1) is 15.2. The van der Waals surface area contributed by atoms with Crippen LogP contribution in [0.25, 0.3) is 10.8 Å². The highest BCUT2D eigenvalue weighted by Crippen LogP contribution is 2.22. The fraction of sp³-hybridized carbons (Fsp3) is 0.235. The Bertz CT molecular complexity index is 901. The fourth-order valence-electron chi connectivity index (χ4n) is 2.48. The Balaban J connectivity index is 2.04. The van der Waals surface area contributed by atoms with Gasteiger partial charge in [0.1, 0.15) is 5.39 Å². The molecule has 0 spiro atoms. The number of aromatic nitrogens is 3. The first-order valence-electron chi connectivity index (χ1n) is 7.21. The van der Waals surface area contributed by atoms with E-state index in [1.165, 1.54) is 11.8 Å². The van der Waals surface area contributed by atoms with Crippen LogP contribution >= 0.6 is 0 Å². The van der Waals surface area contributed by atoms with E-state index in [1.807, 2.05) is 30.3 Å². The average molecular weight is 311 g/mol. The van der Waals surface area contributed by atoms with Gasteiger partial charge in [-0.1, -0.05) is 24.3 Å². The first-order valence-corrected chi connectivity index (χ1v) is 7.21. The normalized spacial score (nSPS) is 10.9. The minimum absolute atomic E-state index is 0.0251. The lowest BCUT2D eigenvalue weighted by molar-refractivity contribution is 0.282. The summed E-state index contributed by atoms with van der Waals surface area (Å²) >= 11 is 0. The van der Waals surface area contributed by atoms with Crippen molar-refractivity contribution in [3.8, 4) is 5.88 Å². The predicted octanol–water partition coefficient (Wildman–Crippen LogP) is 1.42. The Hall–Kier alpha value is -2.73. The molecule has 0 aliphatic rings. The topological polar surface area (TPSA) is 77.2 Å². The van der Waals surface area contributed by atoms with Gasteiger partial charge in [0.2, 0.25) is 5.88 Å². The molecule has 0 atom stereocenters. The van der Waals surface area contributed by atoms with Gasteiger partial charge in [-0.25, -0.2) is 9.67 Å². The Morgan fingerprint density at radius 2 is 1.91 bits per heavy atom. The lowest BCUT2D eigenvalue weighted by Crippen LogP contribution is -2.20. The molecule has 6 nitrogen and oxygen atoms in total. The maximum atomic E-state index is 12.2. The summed E-state index contributed by atoms with van der Waals surface area (Å²) < 4.78 is 6.56. The third kappa shape index (κ3) is 2.93. The van der Waals surface area contributed by atoms with Crippen molar-refractivity contribution < 1.29 is 9.84 Å². The highest BCUT2D eigenvalue weighted by Gasteiger charge is 2.12. The molecule has 3 aromatic rings. The van der Waals surface area contributed by atoms with Gasteiger partial charge in [0, 0.05) is 24.5 Å². The zero-order valence-electron chi connectivity index (χ0n) is 13.0. The van der Waals surface area contributed by atoms with E-state index in [2.05, 4.69) is 10.1 Å². The number of aliphatic hydroxyl groups is 1. The number of pyridine rings is 1. The SMILES string of the molecule is COc1nc(Cc2ccc(CO)cc2)cc2cnn(C)c(=O)c12. The van der Waals surface area contributed by atoms with Crippen molar-refractivity contribution in [3.63, 3.8) is 0 Å². The molecule has 0 saturated carbocycles. The smallest absolute Gasteiger partial charge is 0.279 e. The minimum atomic E-state index is -0.231.